The Bertz CT molecular complexity index is 1020. The van der Waals surface area contributed by atoms with E-state index in [2.05, 4.69) is 57.3 Å². The minimum absolute atomic E-state index is 0.289. The van der Waals surface area contributed by atoms with Crippen molar-refractivity contribution in [3.8, 4) is 0 Å². The Morgan fingerprint density at radius 2 is 1.78 bits per heavy atom. The van der Waals surface area contributed by atoms with E-state index >= 15 is 0 Å². The van der Waals surface area contributed by atoms with Crippen LogP contribution in [0.3, 0.4) is 0 Å². The monoisotopic (exact) mass is 428 g/mol. The van der Waals surface area contributed by atoms with Crippen molar-refractivity contribution in [2.24, 2.45) is 5.92 Å². The molecule has 2 heteroatoms. The highest BCUT2D eigenvalue weighted by atomic mass is 16.5. The van der Waals surface area contributed by atoms with Gasteiger partial charge in [0.05, 0.1) is 12.7 Å². The fourth-order valence-electron chi connectivity index (χ4n) is 4.93. The van der Waals surface area contributed by atoms with Gasteiger partial charge in [0.2, 0.25) is 0 Å². The van der Waals surface area contributed by atoms with E-state index in [1.165, 1.54) is 72.6 Å². The Balaban J connectivity index is 2.27. The average Bonchev–Trinajstić information content (AvgIpc) is 2.82. The zero-order chi connectivity index (χ0) is 23.1. The molecule has 0 bridgehead atoms. The molecule has 0 aromatic heterocycles. The van der Waals surface area contributed by atoms with Crippen LogP contribution >= 0.6 is 0 Å². The van der Waals surface area contributed by atoms with Gasteiger partial charge in [0.15, 0.2) is 0 Å². The Morgan fingerprint density at radius 3 is 2.41 bits per heavy atom. The van der Waals surface area contributed by atoms with Gasteiger partial charge in [-0.25, -0.2) is 4.79 Å². The van der Waals surface area contributed by atoms with Gasteiger partial charge in [-0.2, -0.15) is 0 Å². The average molecular weight is 429 g/mol. The van der Waals surface area contributed by atoms with Crippen molar-refractivity contribution in [2.75, 3.05) is 7.11 Å². The van der Waals surface area contributed by atoms with Crippen LogP contribution in [0.1, 0.15) is 84.5 Å². The summed E-state index contributed by atoms with van der Waals surface area (Å²) in [6.07, 6.45) is 10.1. The Kier molecular flexibility index (Phi) is 8.27. The number of carbonyl (C=O) groups is 1. The number of rotatable bonds is 8. The second-order valence-electron chi connectivity index (χ2n) is 9.00. The van der Waals surface area contributed by atoms with Gasteiger partial charge in [0, 0.05) is 0 Å². The third-order valence-electron chi connectivity index (χ3n) is 6.58. The number of benzene rings is 2. The van der Waals surface area contributed by atoms with Crippen LogP contribution in [0, 0.1) is 12.8 Å². The quantitative estimate of drug-likeness (QED) is 0.240. The van der Waals surface area contributed by atoms with Crippen molar-refractivity contribution in [2.45, 2.75) is 58.8 Å². The van der Waals surface area contributed by atoms with Crippen LogP contribution in [-0.2, 0) is 4.74 Å². The van der Waals surface area contributed by atoms with Crippen LogP contribution in [0.15, 0.2) is 61.2 Å². The second-order valence-corrected chi connectivity index (χ2v) is 9.00. The Morgan fingerprint density at radius 1 is 1.06 bits per heavy atom. The van der Waals surface area contributed by atoms with Gasteiger partial charge < -0.3 is 4.74 Å². The maximum absolute atomic E-state index is 12.1. The van der Waals surface area contributed by atoms with Crippen LogP contribution in [0.25, 0.3) is 17.2 Å². The lowest BCUT2D eigenvalue weighted by Crippen LogP contribution is -2.13. The third-order valence-corrected chi connectivity index (χ3v) is 6.58. The molecule has 168 valence electrons. The molecular formula is C30H36O2. The van der Waals surface area contributed by atoms with Crippen LogP contribution in [-0.4, -0.2) is 13.1 Å². The third kappa shape index (κ3) is 5.48. The predicted molar refractivity (Wildman–Crippen MR) is 136 cm³/mol. The molecule has 0 unspecified atom stereocenters. The van der Waals surface area contributed by atoms with Crippen LogP contribution < -0.4 is 0 Å². The first-order valence-corrected chi connectivity index (χ1v) is 11.7. The molecule has 2 nitrogen and oxygen atoms in total. The van der Waals surface area contributed by atoms with Gasteiger partial charge in [0.25, 0.3) is 0 Å². The Hall–Kier alpha value is -2.87. The lowest BCUT2D eigenvalue weighted by molar-refractivity contribution is 0.0600. The summed E-state index contributed by atoms with van der Waals surface area (Å²) in [5.41, 5.74) is 9.43. The first kappa shape index (κ1) is 23.8. The lowest BCUT2D eigenvalue weighted by atomic mass is 9.75. The molecule has 0 amide bonds. The maximum atomic E-state index is 12.1. The molecule has 0 saturated heterocycles. The summed E-state index contributed by atoms with van der Waals surface area (Å²) >= 11 is 0. The summed E-state index contributed by atoms with van der Waals surface area (Å²) < 4.78 is 4.95. The summed E-state index contributed by atoms with van der Waals surface area (Å²) in [4.78, 5) is 12.1. The van der Waals surface area contributed by atoms with E-state index in [0.717, 1.165) is 18.4 Å². The molecule has 0 heterocycles. The molecule has 0 radical (unpaired) electrons. The normalized spacial score (nSPS) is 15.1. The molecule has 32 heavy (non-hydrogen) atoms. The topological polar surface area (TPSA) is 26.3 Å². The van der Waals surface area contributed by atoms with E-state index < -0.39 is 0 Å². The summed E-state index contributed by atoms with van der Waals surface area (Å²) in [7, 11) is 1.43. The van der Waals surface area contributed by atoms with Crippen LogP contribution in [0.5, 0.6) is 0 Å². The van der Waals surface area contributed by atoms with Gasteiger partial charge in [-0.05, 0) is 91.0 Å². The predicted octanol–water partition coefficient (Wildman–Crippen LogP) is 8.27. The van der Waals surface area contributed by atoms with Gasteiger partial charge in [-0.3, -0.25) is 0 Å². The minimum atomic E-state index is -0.289. The highest BCUT2D eigenvalue weighted by Gasteiger charge is 2.25. The SMILES string of the molecule is C=Cc1ccccc1/C(CCC(=C)C)=C(/c1ccc(C(=O)OC)cc1C)C1CCCCC1. The van der Waals surface area contributed by atoms with E-state index in [1.54, 1.807) is 0 Å². The molecule has 1 saturated carbocycles. The van der Waals surface area contributed by atoms with Crippen molar-refractivity contribution >= 4 is 23.2 Å². The molecule has 0 N–H and O–H groups in total. The van der Waals surface area contributed by atoms with Crippen LogP contribution in [0.2, 0.25) is 0 Å². The maximum Gasteiger partial charge on any atom is 0.337 e. The molecule has 2 aromatic rings. The zero-order valence-corrected chi connectivity index (χ0v) is 19.9. The highest BCUT2D eigenvalue weighted by Crippen LogP contribution is 2.43. The van der Waals surface area contributed by atoms with Crippen LogP contribution in [0.4, 0.5) is 0 Å². The standard InChI is InChI=1S/C30H36O2/c1-6-23-12-10-11-15-27(23)28(18-16-21(2)3)29(24-13-8-7-9-14-24)26-19-17-25(20-22(26)4)30(31)32-5/h6,10-12,15,17,19-20,24H,1-2,7-9,13-14,16,18H2,3-5H3/b29-28+. The summed E-state index contributed by atoms with van der Waals surface area (Å²) in [6.45, 7) is 12.5. The van der Waals surface area contributed by atoms with Crippen molar-refractivity contribution in [1.29, 1.82) is 0 Å². The fourth-order valence-corrected chi connectivity index (χ4v) is 4.93. The van der Waals surface area contributed by atoms with Gasteiger partial charge in [0.1, 0.15) is 0 Å². The van der Waals surface area contributed by atoms with Crippen molar-refractivity contribution in [3.05, 3.63) is 89.0 Å². The van der Waals surface area contributed by atoms with Crippen molar-refractivity contribution < 1.29 is 9.53 Å². The summed E-state index contributed by atoms with van der Waals surface area (Å²) in [5.74, 6) is 0.228. The molecular weight excluding hydrogens is 392 g/mol. The molecule has 2 aromatic carbocycles. The van der Waals surface area contributed by atoms with Gasteiger partial charge in [-0.15, -0.1) is 6.58 Å². The van der Waals surface area contributed by atoms with E-state index in [1.807, 2.05) is 18.2 Å². The zero-order valence-electron chi connectivity index (χ0n) is 19.9. The molecule has 1 fully saturated rings. The Labute approximate surface area is 193 Å². The number of esters is 1. The molecule has 0 atom stereocenters. The number of hydrogen-bond acceptors (Lipinski definition) is 2. The molecule has 0 aliphatic heterocycles. The second kappa shape index (κ2) is 11.1. The van der Waals surface area contributed by atoms with E-state index in [0.29, 0.717) is 11.5 Å². The fraction of sp³-hybridized carbons (Fsp3) is 0.367. The van der Waals surface area contributed by atoms with Gasteiger partial charge >= 0.3 is 5.97 Å². The molecule has 1 aliphatic carbocycles. The van der Waals surface area contributed by atoms with Crippen molar-refractivity contribution in [1.82, 2.24) is 0 Å². The number of ether oxygens (including phenoxy) is 1. The van der Waals surface area contributed by atoms with E-state index in [-0.39, 0.29) is 5.97 Å². The number of aryl methyl sites for hydroxylation is 1. The number of carbonyl (C=O) groups excluding carboxylic acids is 1. The van der Waals surface area contributed by atoms with Crippen molar-refractivity contribution in [3.63, 3.8) is 0 Å². The number of hydrogen-bond donors (Lipinski definition) is 0. The van der Waals surface area contributed by atoms with Gasteiger partial charge in [-0.1, -0.05) is 67.8 Å². The summed E-state index contributed by atoms with van der Waals surface area (Å²) in [6, 6.07) is 14.6. The minimum Gasteiger partial charge on any atom is -0.465 e. The number of methoxy groups -OCH3 is 1. The van der Waals surface area contributed by atoms with E-state index in [4.69, 9.17) is 4.74 Å². The first-order valence-electron chi connectivity index (χ1n) is 11.7. The smallest absolute Gasteiger partial charge is 0.337 e. The molecule has 0 spiro atoms. The summed E-state index contributed by atoms with van der Waals surface area (Å²) in [5, 5.41) is 0. The largest absolute Gasteiger partial charge is 0.465 e. The molecule has 3 rings (SSSR count). The number of allylic oxidation sites excluding steroid dienone is 3. The highest BCUT2D eigenvalue weighted by molar-refractivity contribution is 5.96. The van der Waals surface area contributed by atoms with E-state index in [9.17, 15) is 4.79 Å². The first-order chi connectivity index (χ1) is 15.5. The molecule has 1 aliphatic rings. The lowest BCUT2D eigenvalue weighted by Gasteiger charge is -2.30.